The van der Waals surface area contributed by atoms with Crippen molar-refractivity contribution in [1.29, 1.82) is 0 Å². The van der Waals surface area contributed by atoms with Gasteiger partial charge in [0.25, 0.3) is 0 Å². The van der Waals surface area contributed by atoms with Gasteiger partial charge < -0.3 is 10.1 Å². The highest BCUT2D eigenvalue weighted by molar-refractivity contribution is 9.10. The van der Waals surface area contributed by atoms with Gasteiger partial charge in [-0.05, 0) is 54.9 Å². The molecule has 1 saturated heterocycles. The maximum absolute atomic E-state index is 14.1. The first-order valence-corrected chi connectivity index (χ1v) is 6.73. The zero-order chi connectivity index (χ0) is 13.3. The lowest BCUT2D eigenvalue weighted by molar-refractivity contribution is -0.0123. The summed E-state index contributed by atoms with van der Waals surface area (Å²) in [6.45, 7) is 2.52. The summed E-state index contributed by atoms with van der Waals surface area (Å²) in [7, 11) is 1.69. The van der Waals surface area contributed by atoms with Crippen molar-refractivity contribution in [3.63, 3.8) is 0 Å². The summed E-state index contributed by atoms with van der Waals surface area (Å²) in [5, 5.41) is 2.98. The third kappa shape index (κ3) is 2.31. The third-order valence-electron chi connectivity index (χ3n) is 3.52. The van der Waals surface area contributed by atoms with Crippen LogP contribution in [0, 0.1) is 11.6 Å². The van der Waals surface area contributed by atoms with Crippen LogP contribution in [0.4, 0.5) is 8.78 Å². The highest BCUT2D eigenvalue weighted by Gasteiger charge is 2.41. The lowest BCUT2D eigenvalue weighted by atomic mass is 9.87. The van der Waals surface area contributed by atoms with Crippen molar-refractivity contribution in [2.75, 3.05) is 13.7 Å². The molecule has 1 fully saturated rings. The molecule has 0 bridgehead atoms. The normalized spacial score (nSPS) is 25.4. The van der Waals surface area contributed by atoms with E-state index in [2.05, 4.69) is 21.2 Å². The Kier molecular flexibility index (Phi) is 4.04. The van der Waals surface area contributed by atoms with Gasteiger partial charge in [0.2, 0.25) is 0 Å². The Morgan fingerprint density at radius 3 is 2.72 bits per heavy atom. The van der Waals surface area contributed by atoms with Crippen molar-refractivity contribution in [1.82, 2.24) is 5.32 Å². The largest absolute Gasteiger partial charge is 0.373 e. The lowest BCUT2D eigenvalue weighted by Crippen LogP contribution is -2.40. The second kappa shape index (κ2) is 5.23. The molecule has 0 radical (unpaired) electrons. The fourth-order valence-corrected chi connectivity index (χ4v) is 2.94. The molecular formula is C13H16BrF2NO. The number of likely N-dealkylation sites (N-methyl/N-ethyl adjacent to an activating group) is 1. The number of benzene rings is 1. The molecule has 1 heterocycles. The fourth-order valence-electron chi connectivity index (χ4n) is 2.59. The van der Waals surface area contributed by atoms with Gasteiger partial charge in [0.05, 0.1) is 16.1 Å². The van der Waals surface area contributed by atoms with E-state index in [-0.39, 0.29) is 10.0 Å². The Bertz CT molecular complexity index is 447. The Hall–Kier alpha value is -0.520. The minimum Gasteiger partial charge on any atom is -0.373 e. The van der Waals surface area contributed by atoms with E-state index in [1.54, 1.807) is 7.05 Å². The van der Waals surface area contributed by atoms with Gasteiger partial charge in [0.1, 0.15) is 11.6 Å². The Morgan fingerprint density at radius 2 is 2.17 bits per heavy atom. The molecule has 0 saturated carbocycles. The third-order valence-corrected chi connectivity index (χ3v) is 4.13. The summed E-state index contributed by atoms with van der Waals surface area (Å²) >= 11 is 3.09. The molecule has 1 aliphatic heterocycles. The summed E-state index contributed by atoms with van der Waals surface area (Å²) in [4.78, 5) is 0. The molecule has 18 heavy (non-hydrogen) atoms. The van der Waals surface area contributed by atoms with E-state index >= 15 is 0 Å². The minimum atomic E-state index is -0.572. The van der Waals surface area contributed by atoms with Crippen molar-refractivity contribution < 1.29 is 13.5 Å². The highest BCUT2D eigenvalue weighted by atomic mass is 79.9. The van der Waals surface area contributed by atoms with E-state index in [4.69, 9.17) is 4.74 Å². The molecule has 1 aliphatic rings. The molecule has 2 atom stereocenters. The molecule has 0 spiro atoms. The van der Waals surface area contributed by atoms with Gasteiger partial charge in [-0.25, -0.2) is 8.78 Å². The number of ether oxygens (including phenoxy) is 1. The van der Waals surface area contributed by atoms with Crippen molar-refractivity contribution in [2.45, 2.75) is 31.4 Å². The second-order valence-electron chi connectivity index (χ2n) is 4.74. The molecular weight excluding hydrogens is 304 g/mol. The molecule has 1 aromatic rings. The van der Waals surface area contributed by atoms with Gasteiger partial charge >= 0.3 is 0 Å². The van der Waals surface area contributed by atoms with Gasteiger partial charge in [-0.2, -0.15) is 0 Å². The predicted molar refractivity (Wildman–Crippen MR) is 69.4 cm³/mol. The summed E-state index contributed by atoms with van der Waals surface area (Å²) < 4.78 is 34.0. The summed E-state index contributed by atoms with van der Waals surface area (Å²) in [5.41, 5.74) is -0.534. The monoisotopic (exact) mass is 319 g/mol. The fraction of sp³-hybridized carbons (Fsp3) is 0.538. The maximum Gasteiger partial charge on any atom is 0.145 e. The lowest BCUT2D eigenvalue weighted by Gasteiger charge is -2.34. The standard InChI is InChI=1S/C13H16BrF2NO/c1-13(6-3-7-18-13)12(17-2)10-9(15)5-4-8(14)11(10)16/h4-5,12,17H,3,6-7H2,1-2H3. The highest BCUT2D eigenvalue weighted by Crippen LogP contribution is 2.40. The van der Waals surface area contributed by atoms with E-state index in [0.29, 0.717) is 6.61 Å². The summed E-state index contributed by atoms with van der Waals surface area (Å²) in [5.74, 6) is -1.11. The SMILES string of the molecule is CNC(c1c(F)ccc(Br)c1F)C1(C)CCCO1. The van der Waals surface area contributed by atoms with E-state index in [9.17, 15) is 8.78 Å². The van der Waals surface area contributed by atoms with E-state index in [1.807, 2.05) is 6.92 Å². The number of hydrogen-bond donors (Lipinski definition) is 1. The molecule has 5 heteroatoms. The molecule has 1 aromatic carbocycles. The second-order valence-corrected chi connectivity index (χ2v) is 5.60. The van der Waals surface area contributed by atoms with Crippen LogP contribution in [0.25, 0.3) is 0 Å². The quantitative estimate of drug-likeness (QED) is 0.860. The zero-order valence-corrected chi connectivity index (χ0v) is 12.0. The average Bonchev–Trinajstić information content (AvgIpc) is 2.77. The maximum atomic E-state index is 14.1. The molecule has 0 amide bonds. The molecule has 0 aromatic heterocycles. The van der Waals surface area contributed by atoms with Crippen molar-refractivity contribution in [3.05, 3.63) is 33.8 Å². The molecule has 2 nitrogen and oxygen atoms in total. The van der Waals surface area contributed by atoms with Crippen LogP contribution in [0.1, 0.15) is 31.4 Å². The van der Waals surface area contributed by atoms with Crippen LogP contribution in [0.2, 0.25) is 0 Å². The molecule has 100 valence electrons. The molecule has 0 aliphatic carbocycles. The van der Waals surface area contributed by atoms with Crippen LogP contribution >= 0.6 is 15.9 Å². The van der Waals surface area contributed by atoms with Gasteiger partial charge in [0, 0.05) is 12.2 Å². The van der Waals surface area contributed by atoms with Crippen molar-refractivity contribution in [3.8, 4) is 0 Å². The van der Waals surface area contributed by atoms with Crippen molar-refractivity contribution >= 4 is 15.9 Å². The minimum absolute atomic E-state index is 0.0382. The average molecular weight is 320 g/mol. The first-order valence-electron chi connectivity index (χ1n) is 5.94. The topological polar surface area (TPSA) is 21.3 Å². The number of halogens is 3. The Balaban J connectivity index is 2.48. The van der Waals surface area contributed by atoms with E-state index < -0.39 is 23.3 Å². The van der Waals surface area contributed by atoms with Crippen LogP contribution in [0.5, 0.6) is 0 Å². The van der Waals surface area contributed by atoms with Gasteiger partial charge in [-0.15, -0.1) is 0 Å². The summed E-state index contributed by atoms with van der Waals surface area (Å²) in [6.07, 6.45) is 1.69. The molecule has 2 unspecified atom stereocenters. The Morgan fingerprint density at radius 1 is 1.44 bits per heavy atom. The van der Waals surface area contributed by atoms with E-state index in [1.165, 1.54) is 12.1 Å². The predicted octanol–water partition coefficient (Wildman–Crippen LogP) is 3.56. The number of rotatable bonds is 3. The zero-order valence-electron chi connectivity index (χ0n) is 10.4. The smallest absolute Gasteiger partial charge is 0.145 e. The van der Waals surface area contributed by atoms with Crippen LogP contribution in [-0.4, -0.2) is 19.3 Å². The van der Waals surface area contributed by atoms with E-state index in [0.717, 1.165) is 12.8 Å². The first-order chi connectivity index (χ1) is 8.49. The van der Waals surface area contributed by atoms with Crippen LogP contribution in [0.15, 0.2) is 16.6 Å². The first kappa shape index (κ1) is 13.9. The number of nitrogens with one attached hydrogen (secondary N) is 1. The Labute approximate surface area is 114 Å². The van der Waals surface area contributed by atoms with Gasteiger partial charge in [0.15, 0.2) is 0 Å². The van der Waals surface area contributed by atoms with Crippen LogP contribution in [0.3, 0.4) is 0 Å². The molecule has 1 N–H and O–H groups in total. The summed E-state index contributed by atoms with van der Waals surface area (Å²) in [6, 6.07) is 2.14. The van der Waals surface area contributed by atoms with Gasteiger partial charge in [-0.3, -0.25) is 0 Å². The number of hydrogen-bond acceptors (Lipinski definition) is 2. The van der Waals surface area contributed by atoms with Gasteiger partial charge in [-0.1, -0.05) is 0 Å². The van der Waals surface area contributed by atoms with Crippen LogP contribution < -0.4 is 5.32 Å². The van der Waals surface area contributed by atoms with Crippen LogP contribution in [-0.2, 0) is 4.74 Å². The van der Waals surface area contributed by atoms with Crippen molar-refractivity contribution in [2.24, 2.45) is 0 Å². The molecule has 2 rings (SSSR count).